The van der Waals surface area contributed by atoms with Crippen molar-refractivity contribution in [3.05, 3.63) is 71.5 Å². The molecule has 1 N–H and O–H groups in total. The van der Waals surface area contributed by atoms with Gasteiger partial charge in [0, 0.05) is 53.5 Å². The summed E-state index contributed by atoms with van der Waals surface area (Å²) in [5.74, 6) is 0.286. The second-order valence-electron chi connectivity index (χ2n) is 13.3. The monoisotopic (exact) mass is 777 g/mol. The minimum Gasteiger partial charge on any atom is -0.512 e. The molecule has 2 heterocycles. The van der Waals surface area contributed by atoms with Crippen LogP contribution in [0.5, 0.6) is 0 Å². The molecule has 235 valence electrons. The van der Waals surface area contributed by atoms with Crippen molar-refractivity contribution in [1.82, 2.24) is 4.98 Å². The second kappa shape index (κ2) is 14.5. The molecule has 4 aromatic rings. The summed E-state index contributed by atoms with van der Waals surface area (Å²) in [4.78, 5) is 17.1. The van der Waals surface area contributed by atoms with E-state index in [1.165, 1.54) is 11.6 Å². The quantitative estimate of drug-likeness (QED) is 0.0796. The molecule has 1 radical (unpaired) electrons. The van der Waals surface area contributed by atoms with E-state index < -0.39 is 8.07 Å². The number of benzene rings is 2. The summed E-state index contributed by atoms with van der Waals surface area (Å²) in [6.45, 7) is 23.2. The summed E-state index contributed by atoms with van der Waals surface area (Å²) in [6, 6.07) is 18.3. The number of rotatable bonds is 9. The maximum atomic E-state index is 12.2. The average molecular weight is 777 g/mol. The third-order valence-corrected chi connectivity index (χ3v) is 10.8. The zero-order chi connectivity index (χ0) is 31.5. The molecule has 0 fully saturated rings. The molecule has 0 bridgehead atoms. The van der Waals surface area contributed by atoms with Crippen LogP contribution >= 0.6 is 0 Å². The summed E-state index contributed by atoms with van der Waals surface area (Å²) in [6.07, 6.45) is 4.75. The number of pyridine rings is 1. The van der Waals surface area contributed by atoms with E-state index in [1.807, 2.05) is 47.6 Å². The van der Waals surface area contributed by atoms with Gasteiger partial charge in [0.15, 0.2) is 5.78 Å². The fourth-order valence-corrected chi connectivity index (χ4v) is 5.98. The van der Waals surface area contributed by atoms with Gasteiger partial charge in [-0.2, -0.15) is 0 Å². The number of aryl methyl sites for hydroxylation is 2. The molecule has 2 aromatic carbocycles. The van der Waals surface area contributed by atoms with Crippen molar-refractivity contribution in [2.75, 3.05) is 0 Å². The number of nitrogens with zero attached hydrogens (tertiary/aromatic N) is 1. The van der Waals surface area contributed by atoms with E-state index in [4.69, 9.17) is 9.40 Å². The zero-order valence-electron chi connectivity index (χ0n) is 28.0. The van der Waals surface area contributed by atoms with Gasteiger partial charge in [0.2, 0.25) is 0 Å². The van der Waals surface area contributed by atoms with E-state index in [9.17, 15) is 9.90 Å². The van der Waals surface area contributed by atoms with E-state index in [-0.39, 0.29) is 42.5 Å². The summed E-state index contributed by atoms with van der Waals surface area (Å²) in [5.41, 5.74) is 5.52. The number of ketones is 1. The fourth-order valence-electron chi connectivity index (χ4n) is 5.00. The Bertz CT molecular complexity index is 1570. The second-order valence-corrected chi connectivity index (χ2v) is 18.3. The number of aliphatic hydroxyl groups is 1. The molecule has 0 aliphatic heterocycles. The minimum atomic E-state index is -1.55. The molecule has 0 atom stereocenters. The van der Waals surface area contributed by atoms with E-state index in [0.29, 0.717) is 0 Å². The van der Waals surface area contributed by atoms with Gasteiger partial charge in [-0.1, -0.05) is 93.2 Å². The first-order valence-electron chi connectivity index (χ1n) is 15.4. The van der Waals surface area contributed by atoms with Crippen LogP contribution in [0.1, 0.15) is 78.4 Å². The van der Waals surface area contributed by atoms with Crippen LogP contribution in [-0.2, 0) is 24.9 Å². The van der Waals surface area contributed by atoms with Gasteiger partial charge in [0.05, 0.1) is 10.9 Å². The van der Waals surface area contributed by atoms with Crippen LogP contribution in [0, 0.1) is 30.7 Å². The standard InChI is InChI=1S/C22H22NOSi.C15H28O2.Ir/c1-14-10-15(2)12-16(11-14)21-22-18(13-20(24-22)25(3,4)5)17-8-6-7-9-19(17)23-21;1-7-14(5,8-2)12(16)11-13(17)15(6,9-3)10-4;/h6-11,13H,1-5H3;11,16H,7-10H2,1-6H3;/q-1;;/b;12-11-;. The van der Waals surface area contributed by atoms with E-state index >= 15 is 0 Å². The van der Waals surface area contributed by atoms with Crippen molar-refractivity contribution >= 4 is 41.1 Å². The molecule has 0 aliphatic carbocycles. The molecule has 4 nitrogen and oxygen atoms in total. The molecule has 43 heavy (non-hydrogen) atoms. The van der Waals surface area contributed by atoms with Crippen LogP contribution in [0.15, 0.2) is 58.7 Å². The Morgan fingerprint density at radius 1 is 0.930 bits per heavy atom. The van der Waals surface area contributed by atoms with Crippen molar-refractivity contribution < 1.29 is 34.4 Å². The van der Waals surface area contributed by atoms with Gasteiger partial charge >= 0.3 is 0 Å². The predicted octanol–water partition coefficient (Wildman–Crippen LogP) is 10.3. The maximum absolute atomic E-state index is 12.2. The minimum absolute atomic E-state index is 0. The number of fused-ring (bicyclic) bond motifs is 3. The number of allylic oxidation sites excluding steroid dienone is 2. The van der Waals surface area contributed by atoms with Gasteiger partial charge in [0.1, 0.15) is 19.4 Å². The van der Waals surface area contributed by atoms with Crippen molar-refractivity contribution in [2.45, 2.75) is 101 Å². The zero-order valence-corrected chi connectivity index (χ0v) is 31.4. The maximum Gasteiger partial charge on any atom is 0.164 e. The van der Waals surface area contributed by atoms with Crippen LogP contribution in [0.25, 0.3) is 33.1 Å². The molecule has 2 aromatic heterocycles. The van der Waals surface area contributed by atoms with Crippen LogP contribution in [0.3, 0.4) is 0 Å². The SMILES string of the molecule is CCC(C)(CC)C(=O)/C=C(\O)C(C)(CC)CC.Cc1[c-]c(-c2nc3ccccc3c3cc([Si](C)(C)C)oc23)cc(C)c1.[Ir]. The van der Waals surface area contributed by atoms with E-state index in [2.05, 4.69) is 76.0 Å². The molecule has 0 unspecified atom stereocenters. The number of carbonyl (C=O) groups is 1. The molecule has 0 spiro atoms. The molecule has 0 saturated carbocycles. The summed E-state index contributed by atoms with van der Waals surface area (Å²) in [5, 5.41) is 13.6. The third kappa shape index (κ3) is 8.15. The van der Waals surface area contributed by atoms with Crippen LogP contribution in [0.4, 0.5) is 0 Å². The molecule has 0 saturated heterocycles. The van der Waals surface area contributed by atoms with Crippen molar-refractivity contribution in [1.29, 1.82) is 0 Å². The Morgan fingerprint density at radius 3 is 2.05 bits per heavy atom. The Kier molecular flexibility index (Phi) is 12.4. The first-order valence-corrected chi connectivity index (χ1v) is 18.9. The molecule has 4 rings (SSSR count). The number of aromatic nitrogens is 1. The summed E-state index contributed by atoms with van der Waals surface area (Å²) >= 11 is 0. The normalized spacial score (nSPS) is 12.6. The van der Waals surface area contributed by atoms with Crippen molar-refractivity contribution in [3.8, 4) is 11.3 Å². The Labute approximate surface area is 273 Å². The average Bonchev–Trinajstić information content (AvgIpc) is 3.42. The van der Waals surface area contributed by atoms with Crippen LogP contribution in [0.2, 0.25) is 19.6 Å². The number of hydrogen-bond donors (Lipinski definition) is 1. The molecular weight excluding hydrogens is 727 g/mol. The van der Waals surface area contributed by atoms with Crippen LogP contribution < -0.4 is 5.38 Å². The van der Waals surface area contributed by atoms with Crippen molar-refractivity contribution in [2.24, 2.45) is 10.8 Å². The number of furan rings is 1. The third-order valence-electron chi connectivity index (χ3n) is 9.12. The van der Waals surface area contributed by atoms with Crippen molar-refractivity contribution in [3.63, 3.8) is 0 Å². The summed E-state index contributed by atoms with van der Waals surface area (Å²) < 4.78 is 6.39. The van der Waals surface area contributed by atoms with Gasteiger partial charge in [-0.15, -0.1) is 34.9 Å². The molecule has 0 aliphatic rings. The van der Waals surface area contributed by atoms with Gasteiger partial charge in [0.25, 0.3) is 0 Å². The largest absolute Gasteiger partial charge is 0.512 e. The Balaban J connectivity index is 0.000000318. The first-order chi connectivity index (χ1) is 19.6. The topological polar surface area (TPSA) is 63.3 Å². The molecule has 6 heteroatoms. The first kappa shape index (κ1) is 36.7. The van der Waals surface area contributed by atoms with Gasteiger partial charge in [-0.3, -0.25) is 9.78 Å². The molecule has 0 amide bonds. The van der Waals surface area contributed by atoms with Gasteiger partial charge in [-0.05, 0) is 37.8 Å². The fraction of sp³-hybridized carbons (Fsp3) is 0.459. The smallest absolute Gasteiger partial charge is 0.164 e. The van der Waals surface area contributed by atoms with Crippen LogP contribution in [-0.4, -0.2) is 23.9 Å². The Morgan fingerprint density at radius 2 is 1.51 bits per heavy atom. The van der Waals surface area contributed by atoms with E-state index in [1.54, 1.807) is 0 Å². The van der Waals surface area contributed by atoms with Gasteiger partial charge in [-0.25, -0.2) is 0 Å². The number of carbonyl (C=O) groups excluding carboxylic acids is 1. The molecular formula is C37H50IrNO3Si-. The number of para-hydroxylation sites is 1. The predicted molar refractivity (Wildman–Crippen MR) is 181 cm³/mol. The summed E-state index contributed by atoms with van der Waals surface area (Å²) in [7, 11) is -1.55. The van der Waals surface area contributed by atoms with Gasteiger partial charge < -0.3 is 9.52 Å². The number of hydrogen-bond acceptors (Lipinski definition) is 4. The Hall–Kier alpha value is -2.53. The van der Waals surface area contributed by atoms with E-state index in [0.717, 1.165) is 69.8 Å². The number of aliphatic hydroxyl groups excluding tert-OH is 1.